The first-order valence-corrected chi connectivity index (χ1v) is 8.38. The molecule has 0 aliphatic heterocycles. The van der Waals surface area contributed by atoms with Crippen LogP contribution in [0.5, 0.6) is 0 Å². The third-order valence-electron chi connectivity index (χ3n) is 5.24. The lowest BCUT2D eigenvalue weighted by atomic mass is 9.96. The fourth-order valence-electron chi connectivity index (χ4n) is 3.47. The highest BCUT2D eigenvalue weighted by atomic mass is 16.3. The van der Waals surface area contributed by atoms with Gasteiger partial charge in [-0.15, -0.1) is 0 Å². The van der Waals surface area contributed by atoms with E-state index in [0.717, 1.165) is 40.1 Å². The minimum absolute atomic E-state index is 0.0639. The number of aryl methyl sites for hydroxylation is 1. The molecule has 0 bridgehead atoms. The van der Waals surface area contributed by atoms with Gasteiger partial charge < -0.3 is 14.8 Å². The van der Waals surface area contributed by atoms with Crippen molar-refractivity contribution >= 4 is 27.6 Å². The monoisotopic (exact) mass is 323 g/mol. The van der Waals surface area contributed by atoms with Gasteiger partial charge in [-0.3, -0.25) is 4.79 Å². The standard InChI is InChI=1S/C20H21NO3/c1-12-15-10-7-13-5-3-4-6-16(13)18(15)24-17(12)19(23)21-20(2,11-22)14-8-9-14/h3-7,10,14,22H,8-9,11H2,1-2H3,(H,21,23). The zero-order valence-electron chi connectivity index (χ0n) is 13.9. The van der Waals surface area contributed by atoms with Crippen LogP contribution in [0.2, 0.25) is 0 Å². The Morgan fingerprint density at radius 3 is 2.71 bits per heavy atom. The summed E-state index contributed by atoms with van der Waals surface area (Å²) in [6, 6.07) is 12.0. The zero-order chi connectivity index (χ0) is 16.9. The number of benzene rings is 2. The van der Waals surface area contributed by atoms with Gasteiger partial charge in [0, 0.05) is 16.3 Å². The number of amides is 1. The summed E-state index contributed by atoms with van der Waals surface area (Å²) in [5.41, 5.74) is 1.00. The number of fused-ring (bicyclic) bond motifs is 3. The molecular formula is C20H21NO3. The lowest BCUT2D eigenvalue weighted by molar-refractivity contribution is 0.0798. The minimum Gasteiger partial charge on any atom is -0.450 e. The molecule has 2 N–H and O–H groups in total. The molecule has 2 aromatic carbocycles. The molecule has 0 saturated heterocycles. The molecule has 1 aliphatic carbocycles. The van der Waals surface area contributed by atoms with Crippen LogP contribution in [0.1, 0.15) is 35.9 Å². The molecule has 24 heavy (non-hydrogen) atoms. The van der Waals surface area contributed by atoms with Crippen molar-refractivity contribution in [3.05, 3.63) is 47.7 Å². The molecule has 1 aromatic heterocycles. The second-order valence-electron chi connectivity index (χ2n) is 7.02. The van der Waals surface area contributed by atoms with Gasteiger partial charge in [-0.25, -0.2) is 0 Å². The van der Waals surface area contributed by atoms with Crippen LogP contribution in [0.3, 0.4) is 0 Å². The molecule has 1 atom stereocenters. The number of nitrogens with one attached hydrogen (secondary N) is 1. The smallest absolute Gasteiger partial charge is 0.287 e. The number of hydrogen-bond acceptors (Lipinski definition) is 3. The van der Waals surface area contributed by atoms with Crippen molar-refractivity contribution in [3.63, 3.8) is 0 Å². The van der Waals surface area contributed by atoms with E-state index in [1.165, 1.54) is 0 Å². The molecular weight excluding hydrogens is 302 g/mol. The van der Waals surface area contributed by atoms with Crippen LogP contribution in [0.15, 0.2) is 40.8 Å². The van der Waals surface area contributed by atoms with E-state index in [2.05, 4.69) is 5.32 Å². The summed E-state index contributed by atoms with van der Waals surface area (Å²) in [4.78, 5) is 12.8. The van der Waals surface area contributed by atoms with Crippen molar-refractivity contribution in [1.82, 2.24) is 5.32 Å². The van der Waals surface area contributed by atoms with Gasteiger partial charge in [-0.1, -0.05) is 36.4 Å². The lowest BCUT2D eigenvalue weighted by Gasteiger charge is -2.28. The van der Waals surface area contributed by atoms with Crippen LogP contribution in [-0.4, -0.2) is 23.2 Å². The Morgan fingerprint density at radius 1 is 1.25 bits per heavy atom. The molecule has 0 radical (unpaired) electrons. The fourth-order valence-corrected chi connectivity index (χ4v) is 3.47. The maximum absolute atomic E-state index is 12.8. The number of furan rings is 1. The van der Waals surface area contributed by atoms with Gasteiger partial charge in [0.15, 0.2) is 5.76 Å². The van der Waals surface area contributed by atoms with Crippen LogP contribution in [0, 0.1) is 12.8 Å². The Balaban J connectivity index is 1.78. The molecule has 4 rings (SSSR count). The van der Waals surface area contributed by atoms with E-state index in [0.29, 0.717) is 11.7 Å². The van der Waals surface area contributed by atoms with Crippen LogP contribution in [-0.2, 0) is 0 Å². The van der Waals surface area contributed by atoms with Gasteiger partial charge in [0.05, 0.1) is 12.1 Å². The molecule has 1 fully saturated rings. The molecule has 3 aromatic rings. The Hall–Kier alpha value is -2.33. The molecule has 4 nitrogen and oxygen atoms in total. The Labute approximate surface area is 140 Å². The maximum atomic E-state index is 12.8. The third-order valence-corrected chi connectivity index (χ3v) is 5.24. The van der Waals surface area contributed by atoms with E-state index in [9.17, 15) is 9.90 Å². The van der Waals surface area contributed by atoms with E-state index < -0.39 is 5.54 Å². The van der Waals surface area contributed by atoms with E-state index in [-0.39, 0.29) is 12.5 Å². The van der Waals surface area contributed by atoms with Crippen molar-refractivity contribution in [3.8, 4) is 0 Å². The maximum Gasteiger partial charge on any atom is 0.287 e. The first-order valence-electron chi connectivity index (χ1n) is 8.38. The molecule has 1 aliphatic rings. The number of carbonyl (C=O) groups is 1. The number of rotatable bonds is 4. The number of aliphatic hydroxyl groups is 1. The summed E-state index contributed by atoms with van der Waals surface area (Å²) in [6.45, 7) is 3.74. The van der Waals surface area contributed by atoms with Crippen molar-refractivity contribution in [2.75, 3.05) is 6.61 Å². The predicted molar refractivity (Wildman–Crippen MR) is 94.1 cm³/mol. The summed E-state index contributed by atoms with van der Waals surface area (Å²) in [5, 5.41) is 15.7. The molecule has 0 spiro atoms. The van der Waals surface area contributed by atoms with E-state index in [4.69, 9.17) is 4.42 Å². The van der Waals surface area contributed by atoms with Crippen molar-refractivity contribution in [2.24, 2.45) is 5.92 Å². The van der Waals surface area contributed by atoms with Gasteiger partial charge in [0.25, 0.3) is 5.91 Å². The highest BCUT2D eigenvalue weighted by Crippen LogP contribution is 2.40. The van der Waals surface area contributed by atoms with Gasteiger partial charge >= 0.3 is 0 Å². The number of carbonyl (C=O) groups excluding carboxylic acids is 1. The summed E-state index contributed by atoms with van der Waals surface area (Å²) in [7, 11) is 0. The molecule has 1 saturated carbocycles. The van der Waals surface area contributed by atoms with Gasteiger partial charge in [0.2, 0.25) is 0 Å². The third kappa shape index (κ3) is 2.29. The van der Waals surface area contributed by atoms with Crippen molar-refractivity contribution in [2.45, 2.75) is 32.2 Å². The van der Waals surface area contributed by atoms with Crippen LogP contribution in [0.25, 0.3) is 21.7 Å². The first-order chi connectivity index (χ1) is 11.5. The van der Waals surface area contributed by atoms with Gasteiger partial charge in [-0.2, -0.15) is 0 Å². The molecule has 1 amide bonds. The van der Waals surface area contributed by atoms with Crippen LogP contribution >= 0.6 is 0 Å². The average molecular weight is 323 g/mol. The Kier molecular flexibility index (Phi) is 3.39. The average Bonchev–Trinajstić information content (AvgIpc) is 3.39. The lowest BCUT2D eigenvalue weighted by Crippen LogP contribution is -2.50. The topological polar surface area (TPSA) is 62.5 Å². The van der Waals surface area contributed by atoms with E-state index in [1.807, 2.05) is 50.2 Å². The molecule has 4 heteroatoms. The normalized spacial score (nSPS) is 17.1. The second-order valence-corrected chi connectivity index (χ2v) is 7.02. The Morgan fingerprint density at radius 2 is 2.00 bits per heavy atom. The van der Waals surface area contributed by atoms with Crippen LogP contribution in [0.4, 0.5) is 0 Å². The highest BCUT2D eigenvalue weighted by molar-refractivity contribution is 6.08. The molecule has 1 unspecified atom stereocenters. The van der Waals surface area contributed by atoms with Gasteiger partial charge in [0.1, 0.15) is 5.58 Å². The zero-order valence-corrected chi connectivity index (χ0v) is 13.9. The van der Waals surface area contributed by atoms with E-state index in [1.54, 1.807) is 0 Å². The predicted octanol–water partition coefficient (Wildman–Crippen LogP) is 3.79. The van der Waals surface area contributed by atoms with Crippen molar-refractivity contribution < 1.29 is 14.3 Å². The highest BCUT2D eigenvalue weighted by Gasteiger charge is 2.42. The van der Waals surface area contributed by atoms with Crippen molar-refractivity contribution in [1.29, 1.82) is 0 Å². The summed E-state index contributed by atoms with van der Waals surface area (Å²) < 4.78 is 5.97. The summed E-state index contributed by atoms with van der Waals surface area (Å²) in [6.07, 6.45) is 2.09. The molecule has 124 valence electrons. The Bertz CT molecular complexity index is 939. The summed E-state index contributed by atoms with van der Waals surface area (Å²) >= 11 is 0. The number of aliphatic hydroxyl groups excluding tert-OH is 1. The van der Waals surface area contributed by atoms with Crippen LogP contribution < -0.4 is 5.32 Å². The molecule has 1 heterocycles. The quantitative estimate of drug-likeness (QED) is 0.768. The van der Waals surface area contributed by atoms with E-state index >= 15 is 0 Å². The fraction of sp³-hybridized carbons (Fsp3) is 0.350. The van der Waals surface area contributed by atoms with Gasteiger partial charge in [-0.05, 0) is 38.0 Å². The second kappa shape index (κ2) is 5.35. The summed E-state index contributed by atoms with van der Waals surface area (Å²) in [5.74, 6) is 0.426. The number of hydrogen-bond donors (Lipinski definition) is 2. The largest absolute Gasteiger partial charge is 0.450 e. The first kappa shape index (κ1) is 15.2. The SMILES string of the molecule is Cc1c(C(=O)NC(C)(CO)C2CC2)oc2c1ccc1ccccc12. The minimum atomic E-state index is -0.579.